The van der Waals surface area contributed by atoms with E-state index >= 15 is 0 Å². The molecule has 0 aliphatic rings. The molecule has 0 aliphatic carbocycles. The molecular formula is C17H12ClF3N2O3S2. The lowest BCUT2D eigenvalue weighted by Crippen LogP contribution is -2.15. The summed E-state index contributed by atoms with van der Waals surface area (Å²) in [6, 6.07) is 4.90. The highest BCUT2D eigenvalue weighted by atomic mass is 35.5. The Morgan fingerprint density at radius 3 is 2.46 bits per heavy atom. The van der Waals surface area contributed by atoms with Crippen LogP contribution in [-0.4, -0.2) is 13.4 Å². The number of benzene rings is 2. The highest BCUT2D eigenvalue weighted by Crippen LogP contribution is 2.34. The van der Waals surface area contributed by atoms with Gasteiger partial charge < -0.3 is 4.74 Å². The standard InChI is InChI=1S/C17H12ClF3N2O3S2/c1-9(17-11(19)3-2-4-12(17)20)26-14-6-13(21)15(5-10(14)18)28(24,25)23-16-7-27-8-22-16/h2-9,23H,1H3/t9-/m0/s1. The Balaban J connectivity index is 1.90. The zero-order valence-corrected chi connectivity index (χ0v) is 16.5. The Hall–Kier alpha value is -2.30. The van der Waals surface area contributed by atoms with Gasteiger partial charge >= 0.3 is 0 Å². The van der Waals surface area contributed by atoms with E-state index in [2.05, 4.69) is 9.71 Å². The summed E-state index contributed by atoms with van der Waals surface area (Å²) in [7, 11) is -4.29. The van der Waals surface area contributed by atoms with E-state index in [4.69, 9.17) is 16.3 Å². The normalized spacial score (nSPS) is 12.6. The van der Waals surface area contributed by atoms with Gasteiger partial charge in [-0.05, 0) is 25.1 Å². The molecule has 1 N–H and O–H groups in total. The maximum absolute atomic E-state index is 14.4. The summed E-state index contributed by atoms with van der Waals surface area (Å²) in [5.41, 5.74) is 1.04. The van der Waals surface area contributed by atoms with Gasteiger partial charge in [-0.3, -0.25) is 4.72 Å². The number of ether oxygens (including phenoxy) is 1. The van der Waals surface area contributed by atoms with E-state index in [1.165, 1.54) is 23.9 Å². The second kappa shape index (κ2) is 7.98. The Labute approximate surface area is 167 Å². The van der Waals surface area contributed by atoms with Gasteiger partial charge in [-0.25, -0.2) is 26.6 Å². The molecule has 0 saturated heterocycles. The minimum Gasteiger partial charge on any atom is -0.484 e. The number of hydrogen-bond donors (Lipinski definition) is 1. The molecule has 0 unspecified atom stereocenters. The summed E-state index contributed by atoms with van der Waals surface area (Å²) in [4.78, 5) is 3.04. The Kier molecular flexibility index (Phi) is 5.82. The van der Waals surface area contributed by atoms with Crippen LogP contribution in [-0.2, 0) is 10.0 Å². The molecule has 3 aromatic rings. The molecule has 11 heteroatoms. The fourth-order valence-corrected chi connectivity index (χ4v) is 4.33. The minimum atomic E-state index is -4.29. The number of halogens is 4. The van der Waals surface area contributed by atoms with Crippen LogP contribution >= 0.6 is 22.9 Å². The third-order valence-corrected chi connectivity index (χ3v) is 5.91. The summed E-state index contributed by atoms with van der Waals surface area (Å²) >= 11 is 7.17. The van der Waals surface area contributed by atoms with E-state index in [1.807, 2.05) is 0 Å². The quantitative estimate of drug-likeness (QED) is 0.566. The molecule has 2 aromatic carbocycles. The fourth-order valence-electron chi connectivity index (χ4n) is 2.41. The zero-order chi connectivity index (χ0) is 20.5. The maximum Gasteiger partial charge on any atom is 0.266 e. The molecule has 0 aliphatic heterocycles. The van der Waals surface area contributed by atoms with Crippen molar-refractivity contribution >= 4 is 38.8 Å². The SMILES string of the molecule is C[C@H](Oc1cc(F)c(S(=O)(=O)Nc2cscn2)cc1Cl)c1c(F)cccc1F. The number of nitrogens with zero attached hydrogens (tertiary/aromatic N) is 1. The lowest BCUT2D eigenvalue weighted by atomic mass is 10.1. The van der Waals surface area contributed by atoms with E-state index in [1.54, 1.807) is 0 Å². The molecule has 0 radical (unpaired) electrons. The van der Waals surface area contributed by atoms with Gasteiger partial charge in [0.2, 0.25) is 0 Å². The predicted octanol–water partition coefficient (Wildman–Crippen LogP) is 5.15. The number of hydrogen-bond acceptors (Lipinski definition) is 5. The molecule has 28 heavy (non-hydrogen) atoms. The van der Waals surface area contributed by atoms with E-state index in [-0.39, 0.29) is 22.2 Å². The first kappa shape index (κ1) is 20.4. The Bertz CT molecular complexity index is 1090. The van der Waals surface area contributed by atoms with Crippen molar-refractivity contribution < 1.29 is 26.3 Å². The topological polar surface area (TPSA) is 68.3 Å². The minimum absolute atomic E-state index is 0.0319. The van der Waals surface area contributed by atoms with E-state index < -0.39 is 38.5 Å². The van der Waals surface area contributed by atoms with Crippen molar-refractivity contribution in [3.05, 3.63) is 69.3 Å². The molecule has 148 valence electrons. The lowest BCUT2D eigenvalue weighted by Gasteiger charge is -2.18. The fraction of sp³-hybridized carbons (Fsp3) is 0.118. The van der Waals surface area contributed by atoms with E-state index in [0.717, 1.165) is 35.6 Å². The third kappa shape index (κ3) is 4.23. The van der Waals surface area contributed by atoms with Crippen LogP contribution in [0.15, 0.2) is 46.1 Å². The van der Waals surface area contributed by atoms with Gasteiger partial charge in [-0.2, -0.15) is 0 Å². The van der Waals surface area contributed by atoms with Crippen LogP contribution in [0.1, 0.15) is 18.6 Å². The number of nitrogens with one attached hydrogen (secondary N) is 1. The monoisotopic (exact) mass is 448 g/mol. The maximum atomic E-state index is 14.4. The van der Waals surface area contributed by atoms with Gasteiger partial charge in [0, 0.05) is 11.4 Å². The van der Waals surface area contributed by atoms with Gasteiger partial charge in [-0.1, -0.05) is 17.7 Å². The first-order chi connectivity index (χ1) is 13.2. The van der Waals surface area contributed by atoms with Gasteiger partial charge in [0.15, 0.2) is 5.82 Å². The van der Waals surface area contributed by atoms with Gasteiger partial charge in [0.05, 0.1) is 16.1 Å². The van der Waals surface area contributed by atoms with Gasteiger partial charge in [0.1, 0.15) is 34.2 Å². The van der Waals surface area contributed by atoms with Crippen LogP contribution < -0.4 is 9.46 Å². The smallest absolute Gasteiger partial charge is 0.266 e. The Morgan fingerprint density at radius 2 is 1.86 bits per heavy atom. The molecule has 0 bridgehead atoms. The average Bonchev–Trinajstić information content (AvgIpc) is 3.09. The zero-order valence-electron chi connectivity index (χ0n) is 14.1. The van der Waals surface area contributed by atoms with Crippen molar-refractivity contribution in [1.29, 1.82) is 0 Å². The van der Waals surface area contributed by atoms with Crippen molar-refractivity contribution in [3.8, 4) is 5.75 Å². The average molecular weight is 449 g/mol. The highest BCUT2D eigenvalue weighted by Gasteiger charge is 2.24. The Morgan fingerprint density at radius 1 is 1.18 bits per heavy atom. The van der Waals surface area contributed by atoms with E-state index in [9.17, 15) is 21.6 Å². The highest BCUT2D eigenvalue weighted by molar-refractivity contribution is 7.92. The van der Waals surface area contributed by atoms with Gasteiger partial charge in [0.25, 0.3) is 10.0 Å². The first-order valence-electron chi connectivity index (χ1n) is 7.69. The number of aromatic nitrogens is 1. The van der Waals surface area contributed by atoms with Crippen LogP contribution in [0, 0.1) is 17.5 Å². The van der Waals surface area contributed by atoms with Crippen LogP contribution in [0.3, 0.4) is 0 Å². The van der Waals surface area contributed by atoms with Crippen molar-refractivity contribution in [2.45, 2.75) is 17.9 Å². The second-order valence-corrected chi connectivity index (χ2v) is 8.36. The molecule has 1 aromatic heterocycles. The van der Waals surface area contributed by atoms with Crippen molar-refractivity contribution in [1.82, 2.24) is 4.98 Å². The van der Waals surface area contributed by atoms with Crippen LogP contribution in [0.4, 0.5) is 19.0 Å². The molecule has 0 spiro atoms. The van der Waals surface area contributed by atoms with Crippen LogP contribution in [0.5, 0.6) is 5.75 Å². The van der Waals surface area contributed by atoms with Crippen molar-refractivity contribution in [3.63, 3.8) is 0 Å². The molecule has 3 rings (SSSR count). The summed E-state index contributed by atoms with van der Waals surface area (Å²) in [5, 5.41) is 1.18. The van der Waals surface area contributed by atoms with Crippen molar-refractivity contribution in [2.75, 3.05) is 4.72 Å². The lowest BCUT2D eigenvalue weighted by molar-refractivity contribution is 0.214. The summed E-state index contributed by atoms with van der Waals surface area (Å²) < 4.78 is 74.3. The number of thiazole rings is 1. The summed E-state index contributed by atoms with van der Waals surface area (Å²) in [6.45, 7) is 1.35. The molecule has 0 amide bonds. The largest absolute Gasteiger partial charge is 0.484 e. The molecule has 1 atom stereocenters. The number of anilines is 1. The molecule has 0 saturated carbocycles. The summed E-state index contributed by atoms with van der Waals surface area (Å²) in [5.74, 6) is -3.05. The van der Waals surface area contributed by atoms with Gasteiger partial charge in [-0.15, -0.1) is 11.3 Å². The van der Waals surface area contributed by atoms with Crippen molar-refractivity contribution in [2.24, 2.45) is 0 Å². The molecule has 1 heterocycles. The molecule has 5 nitrogen and oxygen atoms in total. The van der Waals surface area contributed by atoms with Crippen LogP contribution in [0.25, 0.3) is 0 Å². The predicted molar refractivity (Wildman–Crippen MR) is 99.7 cm³/mol. The first-order valence-corrected chi connectivity index (χ1v) is 10.5. The van der Waals surface area contributed by atoms with Crippen LogP contribution in [0.2, 0.25) is 5.02 Å². The van der Waals surface area contributed by atoms with E-state index in [0.29, 0.717) is 0 Å². The number of rotatable bonds is 6. The molecule has 0 fully saturated rings. The summed E-state index contributed by atoms with van der Waals surface area (Å²) in [6.07, 6.45) is -1.14. The third-order valence-electron chi connectivity index (χ3n) is 3.66. The number of sulfonamides is 1. The second-order valence-electron chi connectivity index (χ2n) is 5.59. The molecular weight excluding hydrogens is 437 g/mol.